The normalized spacial score (nSPS) is 14.6. The lowest BCUT2D eigenvalue weighted by Crippen LogP contribution is -3.06. The zero-order valence-corrected chi connectivity index (χ0v) is 15.1. The second kappa shape index (κ2) is 6.98. The molecule has 1 N–H and O–H groups in total. The van der Waals surface area contributed by atoms with Gasteiger partial charge in [-0.3, -0.25) is 4.79 Å². The number of rotatable bonds is 6. The van der Waals surface area contributed by atoms with Crippen LogP contribution >= 0.6 is 0 Å². The highest BCUT2D eigenvalue weighted by molar-refractivity contribution is 7.89. The van der Waals surface area contributed by atoms with Crippen LogP contribution in [0.4, 0.5) is 5.69 Å². The molecule has 1 aliphatic rings. The Morgan fingerprint density at radius 3 is 2.61 bits per heavy atom. The van der Waals surface area contributed by atoms with Crippen LogP contribution in [-0.4, -0.2) is 58.9 Å². The first kappa shape index (κ1) is 17.9. The molecule has 0 aromatic heterocycles. The summed E-state index contributed by atoms with van der Waals surface area (Å²) in [7, 11) is 0.523. The molecule has 1 amide bonds. The van der Waals surface area contributed by atoms with Gasteiger partial charge in [0.05, 0.1) is 32.1 Å². The van der Waals surface area contributed by atoms with Crippen LogP contribution in [0.15, 0.2) is 23.1 Å². The number of fused-ring (bicyclic) bond motifs is 1. The van der Waals surface area contributed by atoms with Gasteiger partial charge in [0.2, 0.25) is 15.9 Å². The van der Waals surface area contributed by atoms with Crippen molar-refractivity contribution >= 4 is 21.6 Å². The average molecular weight is 340 g/mol. The van der Waals surface area contributed by atoms with Crippen LogP contribution in [0, 0.1) is 0 Å². The number of nitrogens with one attached hydrogen (secondary N) is 1. The summed E-state index contributed by atoms with van der Waals surface area (Å²) in [6, 6.07) is 5.08. The third kappa shape index (κ3) is 3.73. The first-order chi connectivity index (χ1) is 10.8. The van der Waals surface area contributed by atoms with Crippen molar-refractivity contribution in [2.45, 2.75) is 25.2 Å². The molecule has 0 fully saturated rings. The molecule has 1 aliphatic heterocycles. The number of anilines is 1. The molecular formula is C16H26N3O3S+. The van der Waals surface area contributed by atoms with Crippen molar-refractivity contribution in [1.29, 1.82) is 0 Å². The van der Waals surface area contributed by atoms with Gasteiger partial charge in [-0.25, -0.2) is 8.42 Å². The second-order valence-corrected chi connectivity index (χ2v) is 8.10. The summed E-state index contributed by atoms with van der Waals surface area (Å²) < 4.78 is 27.2. The van der Waals surface area contributed by atoms with Crippen molar-refractivity contribution in [1.82, 2.24) is 4.31 Å². The number of nitrogens with zero attached hydrogens (tertiary/aromatic N) is 2. The van der Waals surface area contributed by atoms with E-state index in [4.69, 9.17) is 0 Å². The Hall–Kier alpha value is -1.44. The molecule has 0 saturated carbocycles. The summed E-state index contributed by atoms with van der Waals surface area (Å²) in [5, 5.41) is 0. The Labute approximate surface area is 138 Å². The summed E-state index contributed by atoms with van der Waals surface area (Å²) >= 11 is 0. The summed E-state index contributed by atoms with van der Waals surface area (Å²) in [5.41, 5.74) is 1.76. The number of sulfonamides is 1. The van der Waals surface area contributed by atoms with E-state index in [9.17, 15) is 13.2 Å². The molecule has 1 heterocycles. The maximum atomic E-state index is 12.8. The van der Waals surface area contributed by atoms with Crippen LogP contribution in [0.5, 0.6) is 0 Å². The molecule has 1 aromatic carbocycles. The van der Waals surface area contributed by atoms with Crippen molar-refractivity contribution < 1.29 is 18.1 Å². The van der Waals surface area contributed by atoms with Gasteiger partial charge in [-0.2, -0.15) is 4.31 Å². The first-order valence-corrected chi connectivity index (χ1v) is 9.41. The SMILES string of the molecule is CCN(CC[NH+](C)C)S(=O)(=O)c1ccc2c(c1)CCN2C(C)=O. The predicted octanol–water partition coefficient (Wildman–Crippen LogP) is -0.249. The van der Waals surface area contributed by atoms with Crippen LogP contribution in [0.1, 0.15) is 19.4 Å². The second-order valence-electron chi connectivity index (χ2n) is 6.16. The van der Waals surface area contributed by atoms with E-state index >= 15 is 0 Å². The molecule has 0 bridgehead atoms. The zero-order chi connectivity index (χ0) is 17.2. The monoisotopic (exact) mass is 340 g/mol. The largest absolute Gasteiger partial charge is 0.339 e. The van der Waals surface area contributed by atoms with Crippen molar-refractivity contribution in [3.63, 3.8) is 0 Å². The fourth-order valence-electron chi connectivity index (χ4n) is 2.81. The lowest BCUT2D eigenvalue weighted by Gasteiger charge is -2.22. The van der Waals surface area contributed by atoms with Gasteiger partial charge in [0.25, 0.3) is 0 Å². The van der Waals surface area contributed by atoms with Crippen molar-refractivity contribution in [2.24, 2.45) is 0 Å². The summed E-state index contributed by atoms with van der Waals surface area (Å²) in [5.74, 6) is -0.0106. The van der Waals surface area contributed by atoms with E-state index < -0.39 is 10.0 Å². The number of quaternary nitrogens is 1. The number of likely N-dealkylation sites (N-methyl/N-ethyl adjacent to an activating group) is 2. The molecule has 0 saturated heterocycles. The van der Waals surface area contributed by atoms with Crippen LogP contribution in [0.25, 0.3) is 0 Å². The fraction of sp³-hybridized carbons (Fsp3) is 0.562. The molecule has 0 atom stereocenters. The Balaban J connectivity index is 2.29. The standard InChI is InChI=1S/C16H25N3O3S/c1-5-18(11-10-17(3)4)23(21,22)15-6-7-16-14(12-15)8-9-19(16)13(2)20/h6-7,12H,5,8-11H2,1-4H3/p+1. The molecule has 0 aliphatic carbocycles. The van der Waals surface area contributed by atoms with Gasteiger partial charge >= 0.3 is 0 Å². The molecule has 2 rings (SSSR count). The van der Waals surface area contributed by atoms with Gasteiger partial charge in [-0.1, -0.05) is 6.92 Å². The van der Waals surface area contributed by atoms with Crippen molar-refractivity contribution in [3.8, 4) is 0 Å². The van der Waals surface area contributed by atoms with E-state index in [1.807, 2.05) is 21.0 Å². The topological polar surface area (TPSA) is 62.1 Å². The molecule has 7 heteroatoms. The minimum absolute atomic E-state index is 0.0106. The number of hydrogen-bond acceptors (Lipinski definition) is 3. The van der Waals surface area contributed by atoms with E-state index in [1.165, 1.54) is 16.1 Å². The van der Waals surface area contributed by atoms with Crippen molar-refractivity contribution in [2.75, 3.05) is 45.2 Å². The highest BCUT2D eigenvalue weighted by atomic mass is 32.2. The molecule has 23 heavy (non-hydrogen) atoms. The molecular weight excluding hydrogens is 314 g/mol. The van der Waals surface area contributed by atoms with Gasteiger partial charge in [-0.05, 0) is 30.2 Å². The fourth-order valence-corrected chi connectivity index (χ4v) is 4.31. The number of carbonyl (C=O) groups excluding carboxylic acids is 1. The van der Waals surface area contributed by atoms with E-state index in [0.29, 0.717) is 31.0 Å². The van der Waals surface area contributed by atoms with Crippen molar-refractivity contribution in [3.05, 3.63) is 23.8 Å². The third-order valence-electron chi connectivity index (χ3n) is 4.18. The molecule has 6 nitrogen and oxygen atoms in total. The van der Waals surface area contributed by atoms with Crippen LogP contribution < -0.4 is 9.80 Å². The smallest absolute Gasteiger partial charge is 0.243 e. The van der Waals surface area contributed by atoms with Gasteiger partial charge < -0.3 is 9.80 Å². The molecule has 0 unspecified atom stereocenters. The molecule has 128 valence electrons. The lowest BCUT2D eigenvalue weighted by molar-refractivity contribution is -0.857. The summed E-state index contributed by atoms with van der Waals surface area (Å²) in [6.07, 6.45) is 0.701. The minimum atomic E-state index is -3.49. The van der Waals surface area contributed by atoms with E-state index in [-0.39, 0.29) is 5.91 Å². The molecule has 1 aromatic rings. The highest BCUT2D eigenvalue weighted by Gasteiger charge is 2.28. The maximum Gasteiger partial charge on any atom is 0.243 e. The Bertz CT molecular complexity index is 686. The number of carbonyl (C=O) groups is 1. The molecule has 0 spiro atoms. The third-order valence-corrected chi connectivity index (χ3v) is 6.15. The van der Waals surface area contributed by atoms with E-state index in [1.54, 1.807) is 23.1 Å². The first-order valence-electron chi connectivity index (χ1n) is 7.97. The Kier molecular flexibility index (Phi) is 5.44. The summed E-state index contributed by atoms with van der Waals surface area (Å²) in [6.45, 7) is 5.71. The van der Waals surface area contributed by atoms with E-state index in [0.717, 1.165) is 17.8 Å². The lowest BCUT2D eigenvalue weighted by atomic mass is 10.2. The van der Waals surface area contributed by atoms with Gasteiger partial charge in [0.15, 0.2) is 0 Å². The van der Waals surface area contributed by atoms with E-state index in [2.05, 4.69) is 0 Å². The minimum Gasteiger partial charge on any atom is -0.339 e. The van der Waals surface area contributed by atoms with Crippen LogP contribution in [-0.2, 0) is 21.2 Å². The molecule has 0 radical (unpaired) electrons. The maximum absolute atomic E-state index is 12.8. The zero-order valence-electron chi connectivity index (χ0n) is 14.3. The number of hydrogen-bond donors (Lipinski definition) is 1. The average Bonchev–Trinajstić information content (AvgIpc) is 2.90. The van der Waals surface area contributed by atoms with Crippen LogP contribution in [0.3, 0.4) is 0 Å². The summed E-state index contributed by atoms with van der Waals surface area (Å²) in [4.78, 5) is 14.8. The van der Waals surface area contributed by atoms with Gasteiger partial charge in [-0.15, -0.1) is 0 Å². The highest BCUT2D eigenvalue weighted by Crippen LogP contribution is 2.31. The number of benzene rings is 1. The van der Waals surface area contributed by atoms with Crippen LogP contribution in [0.2, 0.25) is 0 Å². The predicted molar refractivity (Wildman–Crippen MR) is 90.3 cm³/mol. The Morgan fingerprint density at radius 1 is 1.35 bits per heavy atom. The Morgan fingerprint density at radius 2 is 2.04 bits per heavy atom. The quantitative estimate of drug-likeness (QED) is 0.777. The van der Waals surface area contributed by atoms with Gasteiger partial charge in [0, 0.05) is 25.7 Å². The number of amides is 1. The van der Waals surface area contributed by atoms with Gasteiger partial charge in [0.1, 0.15) is 0 Å².